The van der Waals surface area contributed by atoms with Crippen molar-refractivity contribution in [3.05, 3.63) is 22.8 Å². The van der Waals surface area contributed by atoms with Gasteiger partial charge in [0.15, 0.2) is 0 Å². The molecule has 0 bridgehead atoms. The lowest BCUT2D eigenvalue weighted by atomic mass is 9.85. The monoisotopic (exact) mass is 301 g/mol. The highest BCUT2D eigenvalue weighted by Crippen LogP contribution is 2.39. The second kappa shape index (κ2) is 5.38. The lowest BCUT2D eigenvalue weighted by molar-refractivity contribution is 0.480. The van der Waals surface area contributed by atoms with Gasteiger partial charge in [0.2, 0.25) is 0 Å². The van der Waals surface area contributed by atoms with Crippen LogP contribution in [0.3, 0.4) is 0 Å². The molecule has 6 heteroatoms. The van der Waals surface area contributed by atoms with E-state index in [9.17, 15) is 4.21 Å². The van der Waals surface area contributed by atoms with Crippen LogP contribution >= 0.6 is 11.6 Å². The average Bonchev–Trinajstić information content (AvgIpc) is 2.32. The maximum absolute atomic E-state index is 11.6. The molecule has 1 aliphatic rings. The van der Waals surface area contributed by atoms with E-state index in [-0.39, 0.29) is 0 Å². The van der Waals surface area contributed by atoms with Crippen LogP contribution in [0.25, 0.3) is 0 Å². The minimum atomic E-state index is -1.34. The van der Waals surface area contributed by atoms with Gasteiger partial charge in [-0.3, -0.25) is 5.14 Å². The third kappa shape index (κ3) is 3.09. The highest BCUT2D eigenvalue weighted by Gasteiger charge is 2.32. The van der Waals surface area contributed by atoms with E-state index in [2.05, 4.69) is 9.88 Å². The van der Waals surface area contributed by atoms with Gasteiger partial charge in [0.05, 0.1) is 20.8 Å². The van der Waals surface area contributed by atoms with Gasteiger partial charge in [-0.05, 0) is 44.2 Å². The van der Waals surface area contributed by atoms with Gasteiger partial charge in [-0.15, -0.1) is 0 Å². The number of anilines is 1. The van der Waals surface area contributed by atoms with E-state index in [1.54, 1.807) is 6.20 Å². The first-order chi connectivity index (χ1) is 8.81. The molecule has 0 aliphatic carbocycles. The Kier molecular flexibility index (Phi) is 4.18. The van der Waals surface area contributed by atoms with E-state index in [0.29, 0.717) is 10.9 Å². The Morgan fingerprint density at radius 3 is 2.95 bits per heavy atom. The molecule has 19 heavy (non-hydrogen) atoms. The Balaban J connectivity index is 2.33. The van der Waals surface area contributed by atoms with Crippen molar-refractivity contribution in [2.24, 2.45) is 5.14 Å². The molecule has 2 rings (SSSR count). The second-order valence-corrected chi connectivity index (χ2v) is 7.87. The minimum absolute atomic E-state index is 0.305. The number of nitrogens with zero attached hydrogens (tertiary/aromatic N) is 2. The molecule has 1 aromatic rings. The summed E-state index contributed by atoms with van der Waals surface area (Å²) in [7, 11) is 0.694. The van der Waals surface area contributed by atoms with Gasteiger partial charge in [0.25, 0.3) is 0 Å². The molecule has 0 saturated heterocycles. The van der Waals surface area contributed by atoms with Crippen molar-refractivity contribution in [3.8, 4) is 0 Å². The number of rotatable bonds is 3. The molecule has 1 aliphatic heterocycles. The molecule has 2 heterocycles. The zero-order valence-electron chi connectivity index (χ0n) is 11.5. The highest BCUT2D eigenvalue weighted by atomic mass is 35.5. The quantitative estimate of drug-likeness (QED) is 0.933. The average molecular weight is 302 g/mol. The number of hydrogen-bond donors (Lipinski definition) is 1. The number of nitrogens with two attached hydrogens (primary N) is 1. The van der Waals surface area contributed by atoms with Crippen molar-refractivity contribution in [1.29, 1.82) is 0 Å². The SMILES string of the molecule is CN1CC[C@@H](CC(C)(C)S(N)=O)c2cc(Cl)cnc21. The van der Waals surface area contributed by atoms with E-state index < -0.39 is 15.7 Å². The topological polar surface area (TPSA) is 59.2 Å². The van der Waals surface area contributed by atoms with Gasteiger partial charge in [-0.1, -0.05) is 11.6 Å². The smallest absolute Gasteiger partial charge is 0.131 e. The third-order valence-electron chi connectivity index (χ3n) is 3.76. The Bertz CT molecular complexity index is 507. The number of halogens is 1. The van der Waals surface area contributed by atoms with Crippen molar-refractivity contribution < 1.29 is 4.21 Å². The minimum Gasteiger partial charge on any atom is -0.359 e. The molecule has 2 N–H and O–H groups in total. The normalized spacial score (nSPS) is 21.1. The second-order valence-electron chi connectivity index (χ2n) is 5.73. The zero-order chi connectivity index (χ0) is 14.2. The molecule has 0 saturated carbocycles. The number of fused-ring (bicyclic) bond motifs is 1. The van der Waals surface area contributed by atoms with Gasteiger partial charge >= 0.3 is 0 Å². The Hall–Kier alpha value is -0.650. The molecule has 2 atom stereocenters. The lowest BCUT2D eigenvalue weighted by Crippen LogP contribution is -2.36. The van der Waals surface area contributed by atoms with E-state index in [1.165, 1.54) is 0 Å². The summed E-state index contributed by atoms with van der Waals surface area (Å²) in [5.74, 6) is 1.28. The van der Waals surface area contributed by atoms with E-state index in [1.807, 2.05) is 27.0 Å². The first-order valence-corrected chi connectivity index (χ1v) is 7.93. The first kappa shape index (κ1) is 14.8. The van der Waals surface area contributed by atoms with Gasteiger partial charge < -0.3 is 4.90 Å². The van der Waals surface area contributed by atoms with Crippen molar-refractivity contribution in [2.45, 2.75) is 37.4 Å². The Morgan fingerprint density at radius 2 is 2.32 bits per heavy atom. The van der Waals surface area contributed by atoms with E-state index >= 15 is 0 Å². The zero-order valence-corrected chi connectivity index (χ0v) is 13.1. The Morgan fingerprint density at radius 1 is 1.63 bits per heavy atom. The van der Waals surface area contributed by atoms with Gasteiger partial charge in [-0.25, -0.2) is 9.19 Å². The molecule has 1 aromatic heterocycles. The predicted octanol–water partition coefficient (Wildman–Crippen LogP) is 2.45. The molecular formula is C13H20ClN3OS. The van der Waals surface area contributed by atoms with Crippen LogP contribution in [0.2, 0.25) is 5.02 Å². The largest absolute Gasteiger partial charge is 0.359 e. The summed E-state index contributed by atoms with van der Waals surface area (Å²) < 4.78 is 11.2. The molecular weight excluding hydrogens is 282 g/mol. The number of pyridine rings is 1. The third-order valence-corrected chi connectivity index (χ3v) is 5.22. The molecule has 0 amide bonds. The van der Waals surface area contributed by atoms with Crippen LogP contribution in [0.15, 0.2) is 12.3 Å². The van der Waals surface area contributed by atoms with Crippen molar-refractivity contribution in [1.82, 2.24) is 4.98 Å². The molecule has 0 aromatic carbocycles. The first-order valence-electron chi connectivity index (χ1n) is 6.34. The molecule has 1 unspecified atom stereocenters. The summed E-state index contributed by atoms with van der Waals surface area (Å²) in [6.45, 7) is 4.83. The van der Waals surface area contributed by atoms with Crippen molar-refractivity contribution in [3.63, 3.8) is 0 Å². The fraction of sp³-hybridized carbons (Fsp3) is 0.615. The summed E-state index contributed by atoms with van der Waals surface area (Å²) in [6, 6.07) is 1.97. The van der Waals surface area contributed by atoms with Crippen molar-refractivity contribution >= 4 is 28.4 Å². The van der Waals surface area contributed by atoms with Gasteiger partial charge in [0, 0.05) is 19.8 Å². The fourth-order valence-corrected chi connectivity index (χ4v) is 3.10. The molecule has 0 radical (unpaired) electrons. The van der Waals surface area contributed by atoms with Crippen LogP contribution in [0.4, 0.5) is 5.82 Å². The van der Waals surface area contributed by atoms with E-state index in [0.717, 1.165) is 30.8 Å². The molecule has 0 fully saturated rings. The maximum Gasteiger partial charge on any atom is 0.131 e. The van der Waals surface area contributed by atoms with Crippen LogP contribution in [0, 0.1) is 0 Å². The van der Waals surface area contributed by atoms with Crippen LogP contribution < -0.4 is 10.0 Å². The van der Waals surface area contributed by atoms with Gasteiger partial charge in [0.1, 0.15) is 5.82 Å². The predicted molar refractivity (Wildman–Crippen MR) is 80.9 cm³/mol. The number of hydrogen-bond acceptors (Lipinski definition) is 3. The molecule has 0 spiro atoms. The van der Waals surface area contributed by atoms with Gasteiger partial charge in [-0.2, -0.15) is 0 Å². The molecule has 106 valence electrons. The summed E-state index contributed by atoms with van der Waals surface area (Å²) in [5.41, 5.74) is 1.14. The van der Waals surface area contributed by atoms with Crippen molar-refractivity contribution in [2.75, 3.05) is 18.5 Å². The van der Waals surface area contributed by atoms with E-state index in [4.69, 9.17) is 16.7 Å². The summed E-state index contributed by atoms with van der Waals surface area (Å²) in [6.07, 6.45) is 3.45. The summed E-state index contributed by atoms with van der Waals surface area (Å²) in [5, 5.41) is 6.23. The highest BCUT2D eigenvalue weighted by molar-refractivity contribution is 7.84. The van der Waals surface area contributed by atoms with Crippen LogP contribution in [-0.4, -0.2) is 27.5 Å². The number of aromatic nitrogens is 1. The molecule has 4 nitrogen and oxygen atoms in total. The summed E-state index contributed by atoms with van der Waals surface area (Å²) >= 11 is 6.06. The standard InChI is InChI=1S/C13H20ClN3OS/c1-13(2,19(15)18)7-9-4-5-17(3)12-11(9)6-10(14)8-16-12/h6,8-9H,4-5,7,15H2,1-3H3/t9-,19?/m0/s1. The maximum atomic E-state index is 11.6. The fourth-order valence-electron chi connectivity index (χ4n) is 2.57. The van der Waals surface area contributed by atoms with Crippen LogP contribution in [0.5, 0.6) is 0 Å². The summed E-state index contributed by atoms with van der Waals surface area (Å²) in [4.78, 5) is 6.55. The van der Waals surface area contributed by atoms with Crippen LogP contribution in [-0.2, 0) is 11.0 Å². The van der Waals surface area contributed by atoms with Crippen LogP contribution in [0.1, 0.15) is 38.2 Å². The Labute approximate surface area is 121 Å². The lowest BCUT2D eigenvalue weighted by Gasteiger charge is -2.35.